The topological polar surface area (TPSA) is 12.0 Å². The van der Waals surface area contributed by atoms with Gasteiger partial charge in [0.15, 0.2) is 0 Å². The maximum atomic E-state index is 13.7. The minimum absolute atomic E-state index is 0.232. The molecule has 2 rings (SSSR count). The molecule has 0 aliphatic carbocycles. The molecule has 0 fully saturated rings. The SMILES string of the molecule is CCCNC(C)c1ccc(-c2cc(F)ccc2F)s1. The van der Waals surface area contributed by atoms with Crippen LogP contribution in [0, 0.1) is 11.6 Å². The fraction of sp³-hybridized carbons (Fsp3) is 0.333. The fourth-order valence-corrected chi connectivity index (χ4v) is 2.93. The van der Waals surface area contributed by atoms with Gasteiger partial charge in [0.25, 0.3) is 0 Å². The molecule has 0 saturated carbocycles. The summed E-state index contributed by atoms with van der Waals surface area (Å²) in [6.45, 7) is 5.14. The normalized spacial score (nSPS) is 12.6. The molecule has 0 aliphatic rings. The maximum absolute atomic E-state index is 13.7. The van der Waals surface area contributed by atoms with Crippen molar-refractivity contribution in [3.8, 4) is 10.4 Å². The molecule has 0 bridgehead atoms. The first-order valence-electron chi connectivity index (χ1n) is 6.40. The minimum Gasteiger partial charge on any atom is -0.309 e. The Labute approximate surface area is 116 Å². The number of rotatable bonds is 5. The Morgan fingerprint density at radius 3 is 2.74 bits per heavy atom. The van der Waals surface area contributed by atoms with Crippen LogP contribution in [0.25, 0.3) is 10.4 Å². The van der Waals surface area contributed by atoms with Gasteiger partial charge in [0.2, 0.25) is 0 Å². The van der Waals surface area contributed by atoms with Crippen LogP contribution in [0.15, 0.2) is 30.3 Å². The second-order valence-corrected chi connectivity index (χ2v) is 5.62. The van der Waals surface area contributed by atoms with Crippen molar-refractivity contribution in [1.82, 2.24) is 5.32 Å². The van der Waals surface area contributed by atoms with E-state index in [1.54, 1.807) is 0 Å². The molecule has 19 heavy (non-hydrogen) atoms. The van der Waals surface area contributed by atoms with Gasteiger partial charge in [-0.15, -0.1) is 11.3 Å². The Morgan fingerprint density at radius 2 is 2.00 bits per heavy atom. The van der Waals surface area contributed by atoms with Gasteiger partial charge in [-0.25, -0.2) is 8.78 Å². The average Bonchev–Trinajstić information content (AvgIpc) is 2.88. The van der Waals surface area contributed by atoms with Gasteiger partial charge in [-0.05, 0) is 50.2 Å². The van der Waals surface area contributed by atoms with Crippen LogP contribution in [0.2, 0.25) is 0 Å². The quantitative estimate of drug-likeness (QED) is 0.833. The molecule has 0 amide bonds. The summed E-state index contributed by atoms with van der Waals surface area (Å²) in [6.07, 6.45) is 1.07. The zero-order chi connectivity index (χ0) is 13.8. The number of benzene rings is 1. The molecule has 0 aliphatic heterocycles. The number of hydrogen-bond donors (Lipinski definition) is 1. The zero-order valence-corrected chi connectivity index (χ0v) is 11.9. The highest BCUT2D eigenvalue weighted by Crippen LogP contribution is 2.33. The first-order valence-corrected chi connectivity index (χ1v) is 7.22. The van der Waals surface area contributed by atoms with E-state index in [-0.39, 0.29) is 11.9 Å². The highest BCUT2D eigenvalue weighted by Gasteiger charge is 2.12. The Balaban J connectivity index is 2.23. The van der Waals surface area contributed by atoms with Gasteiger partial charge in [0.05, 0.1) is 0 Å². The van der Waals surface area contributed by atoms with Crippen molar-refractivity contribution in [2.75, 3.05) is 6.54 Å². The van der Waals surface area contributed by atoms with Crippen molar-refractivity contribution in [2.45, 2.75) is 26.3 Å². The van der Waals surface area contributed by atoms with Crippen LogP contribution >= 0.6 is 11.3 Å². The van der Waals surface area contributed by atoms with Gasteiger partial charge in [-0.1, -0.05) is 6.92 Å². The van der Waals surface area contributed by atoms with Crippen LogP contribution in [0.1, 0.15) is 31.2 Å². The lowest BCUT2D eigenvalue weighted by Gasteiger charge is -2.10. The Kier molecular flexibility index (Phi) is 4.66. The predicted molar refractivity (Wildman–Crippen MR) is 76.4 cm³/mol. The van der Waals surface area contributed by atoms with Gasteiger partial charge in [-0.3, -0.25) is 0 Å². The molecule has 1 N–H and O–H groups in total. The predicted octanol–water partition coefficient (Wildman–Crippen LogP) is 4.75. The van der Waals surface area contributed by atoms with Crippen molar-refractivity contribution in [1.29, 1.82) is 0 Å². The molecule has 102 valence electrons. The van der Waals surface area contributed by atoms with E-state index in [0.29, 0.717) is 5.56 Å². The molecule has 1 aromatic carbocycles. The number of hydrogen-bond acceptors (Lipinski definition) is 2. The Morgan fingerprint density at radius 1 is 1.21 bits per heavy atom. The van der Waals surface area contributed by atoms with E-state index < -0.39 is 5.82 Å². The number of halogens is 2. The van der Waals surface area contributed by atoms with E-state index in [0.717, 1.165) is 28.8 Å². The fourth-order valence-electron chi connectivity index (χ4n) is 1.88. The van der Waals surface area contributed by atoms with E-state index in [2.05, 4.69) is 19.2 Å². The summed E-state index contributed by atoms with van der Waals surface area (Å²) in [5.41, 5.74) is 0.332. The van der Waals surface area contributed by atoms with Crippen LogP contribution in [-0.4, -0.2) is 6.54 Å². The third-order valence-corrected chi connectivity index (χ3v) is 4.25. The van der Waals surface area contributed by atoms with Crippen LogP contribution in [-0.2, 0) is 0 Å². The molecule has 1 unspecified atom stereocenters. The van der Waals surface area contributed by atoms with Crippen molar-refractivity contribution >= 4 is 11.3 Å². The molecule has 0 radical (unpaired) electrons. The van der Waals surface area contributed by atoms with Gasteiger partial charge >= 0.3 is 0 Å². The smallest absolute Gasteiger partial charge is 0.132 e. The first-order chi connectivity index (χ1) is 9.11. The molecule has 1 nitrogen and oxygen atoms in total. The summed E-state index contributed by atoms with van der Waals surface area (Å²) in [4.78, 5) is 1.89. The van der Waals surface area contributed by atoms with E-state index in [4.69, 9.17) is 0 Å². The van der Waals surface area contributed by atoms with Crippen molar-refractivity contribution < 1.29 is 8.78 Å². The second kappa shape index (κ2) is 6.26. The van der Waals surface area contributed by atoms with Crippen LogP contribution in [0.3, 0.4) is 0 Å². The third-order valence-electron chi connectivity index (χ3n) is 2.95. The molecule has 0 spiro atoms. The van der Waals surface area contributed by atoms with Gasteiger partial charge in [-0.2, -0.15) is 0 Å². The van der Waals surface area contributed by atoms with Crippen LogP contribution < -0.4 is 5.32 Å². The highest BCUT2D eigenvalue weighted by atomic mass is 32.1. The first kappa shape index (κ1) is 14.2. The summed E-state index contributed by atoms with van der Waals surface area (Å²) in [5.74, 6) is -0.799. The molecule has 0 saturated heterocycles. The molecule has 1 aromatic heterocycles. The molecule has 4 heteroatoms. The lowest BCUT2D eigenvalue weighted by molar-refractivity contribution is 0.578. The summed E-state index contributed by atoms with van der Waals surface area (Å²) < 4.78 is 26.9. The zero-order valence-electron chi connectivity index (χ0n) is 11.0. The van der Waals surface area contributed by atoms with E-state index in [1.807, 2.05) is 12.1 Å². The number of nitrogens with one attached hydrogen (secondary N) is 1. The summed E-state index contributed by atoms with van der Waals surface area (Å²) in [5, 5.41) is 3.38. The summed E-state index contributed by atoms with van der Waals surface area (Å²) in [6, 6.07) is 7.60. The summed E-state index contributed by atoms with van der Waals surface area (Å²) >= 11 is 1.50. The summed E-state index contributed by atoms with van der Waals surface area (Å²) in [7, 11) is 0. The van der Waals surface area contributed by atoms with Crippen LogP contribution in [0.5, 0.6) is 0 Å². The molecule has 1 atom stereocenters. The Bertz CT molecular complexity index is 551. The van der Waals surface area contributed by atoms with Crippen molar-refractivity contribution in [2.24, 2.45) is 0 Å². The minimum atomic E-state index is -0.413. The molecular formula is C15H17F2NS. The molecule has 1 heterocycles. The van der Waals surface area contributed by atoms with Crippen molar-refractivity contribution in [3.05, 3.63) is 46.8 Å². The standard InChI is InChI=1S/C15H17F2NS/c1-3-8-18-10(2)14-6-7-15(19-14)12-9-11(16)4-5-13(12)17/h4-7,9-10,18H,3,8H2,1-2H3. The van der Waals surface area contributed by atoms with E-state index in [9.17, 15) is 8.78 Å². The lowest BCUT2D eigenvalue weighted by atomic mass is 10.1. The Hall–Kier alpha value is -1.26. The third kappa shape index (κ3) is 3.39. The highest BCUT2D eigenvalue weighted by molar-refractivity contribution is 7.15. The van der Waals surface area contributed by atoms with Crippen LogP contribution in [0.4, 0.5) is 8.78 Å². The number of thiophene rings is 1. The maximum Gasteiger partial charge on any atom is 0.132 e. The van der Waals surface area contributed by atoms with E-state index >= 15 is 0 Å². The molecular weight excluding hydrogens is 264 g/mol. The van der Waals surface area contributed by atoms with Gasteiger partial charge in [0.1, 0.15) is 11.6 Å². The van der Waals surface area contributed by atoms with Crippen molar-refractivity contribution in [3.63, 3.8) is 0 Å². The van der Waals surface area contributed by atoms with Gasteiger partial charge in [0, 0.05) is 21.4 Å². The average molecular weight is 281 g/mol. The second-order valence-electron chi connectivity index (χ2n) is 4.50. The monoisotopic (exact) mass is 281 g/mol. The largest absolute Gasteiger partial charge is 0.309 e. The lowest BCUT2D eigenvalue weighted by Crippen LogP contribution is -2.18. The van der Waals surface area contributed by atoms with Gasteiger partial charge < -0.3 is 5.32 Å². The van der Waals surface area contributed by atoms with E-state index in [1.165, 1.54) is 23.5 Å². The molecule has 2 aromatic rings.